The summed E-state index contributed by atoms with van der Waals surface area (Å²) in [5.41, 5.74) is 2.31. The molecule has 0 amide bonds. The fourth-order valence-electron chi connectivity index (χ4n) is 1.89. The predicted octanol–water partition coefficient (Wildman–Crippen LogP) is 3.06. The van der Waals surface area contributed by atoms with Crippen molar-refractivity contribution in [3.05, 3.63) is 46.7 Å². The number of hydrogen-bond donors (Lipinski definition) is 0. The Kier molecular flexibility index (Phi) is 2.04. The van der Waals surface area contributed by atoms with Crippen LogP contribution in [0.3, 0.4) is 0 Å². The van der Waals surface area contributed by atoms with Gasteiger partial charge in [0.15, 0.2) is 6.29 Å². The monoisotopic (exact) mass is 274 g/mol. The van der Waals surface area contributed by atoms with E-state index >= 15 is 0 Å². The lowest BCUT2D eigenvalue weighted by molar-refractivity contribution is 0.111. The molecule has 3 aromatic rings. The molecule has 2 aromatic heterocycles. The maximum atomic E-state index is 11.0. The number of aldehydes is 1. The highest BCUT2D eigenvalue weighted by Gasteiger charge is 2.08. The Morgan fingerprint density at radius 3 is 2.94 bits per heavy atom. The summed E-state index contributed by atoms with van der Waals surface area (Å²) >= 11 is 3.50. The number of imidazole rings is 1. The van der Waals surface area contributed by atoms with Crippen molar-refractivity contribution in [1.29, 1.82) is 0 Å². The smallest absolute Gasteiger partial charge is 0.168 e. The minimum absolute atomic E-state index is 0.563. The second-order valence-corrected chi connectivity index (χ2v) is 4.36. The van der Waals surface area contributed by atoms with Crippen LogP contribution in [0.4, 0.5) is 0 Å². The Labute approximate surface area is 99.8 Å². The van der Waals surface area contributed by atoms with E-state index in [2.05, 4.69) is 20.9 Å². The van der Waals surface area contributed by atoms with Crippen LogP contribution in [0.5, 0.6) is 0 Å². The van der Waals surface area contributed by atoms with Crippen LogP contribution in [-0.2, 0) is 0 Å². The third-order valence-electron chi connectivity index (χ3n) is 2.59. The van der Waals surface area contributed by atoms with Crippen molar-refractivity contribution in [3.8, 4) is 0 Å². The van der Waals surface area contributed by atoms with E-state index < -0.39 is 0 Å². The Balaban J connectivity index is 2.65. The molecule has 2 heterocycles. The van der Waals surface area contributed by atoms with Crippen molar-refractivity contribution in [2.75, 3.05) is 0 Å². The molecule has 0 radical (unpaired) electrons. The van der Waals surface area contributed by atoms with Crippen molar-refractivity contribution in [1.82, 2.24) is 9.38 Å². The fourth-order valence-corrected chi connectivity index (χ4v) is 2.45. The Morgan fingerprint density at radius 2 is 2.12 bits per heavy atom. The largest absolute Gasteiger partial charge is 0.296 e. The summed E-state index contributed by atoms with van der Waals surface area (Å²) in [4.78, 5) is 15.2. The Bertz CT molecular complexity index is 703. The normalized spacial score (nSPS) is 11.1. The lowest BCUT2D eigenvalue weighted by atomic mass is 10.2. The topological polar surface area (TPSA) is 34.4 Å². The van der Waals surface area contributed by atoms with Crippen LogP contribution in [0.1, 0.15) is 10.5 Å². The van der Waals surface area contributed by atoms with Gasteiger partial charge < -0.3 is 0 Å². The van der Waals surface area contributed by atoms with Gasteiger partial charge in [-0.05, 0) is 39.5 Å². The number of nitrogens with zero attached hydrogens (tertiary/aromatic N) is 2. The molecule has 0 spiro atoms. The number of fused-ring (bicyclic) bond motifs is 3. The van der Waals surface area contributed by atoms with Gasteiger partial charge in [-0.3, -0.25) is 9.20 Å². The van der Waals surface area contributed by atoms with Gasteiger partial charge in [0.2, 0.25) is 0 Å². The number of benzene rings is 1. The molecule has 0 bridgehead atoms. The number of halogens is 1. The molecule has 16 heavy (non-hydrogen) atoms. The zero-order chi connectivity index (χ0) is 11.1. The van der Waals surface area contributed by atoms with Gasteiger partial charge in [-0.1, -0.05) is 12.1 Å². The van der Waals surface area contributed by atoms with Crippen molar-refractivity contribution in [2.24, 2.45) is 0 Å². The van der Waals surface area contributed by atoms with E-state index in [4.69, 9.17) is 0 Å². The summed E-state index contributed by atoms with van der Waals surface area (Å²) in [7, 11) is 0. The highest BCUT2D eigenvalue weighted by Crippen LogP contribution is 2.25. The number of carbonyl (C=O) groups is 1. The van der Waals surface area contributed by atoms with E-state index in [0.29, 0.717) is 5.69 Å². The molecule has 0 N–H and O–H groups in total. The van der Waals surface area contributed by atoms with Crippen molar-refractivity contribution in [2.45, 2.75) is 0 Å². The van der Waals surface area contributed by atoms with E-state index in [1.54, 1.807) is 6.20 Å². The second kappa shape index (κ2) is 3.42. The third kappa shape index (κ3) is 1.20. The summed E-state index contributed by atoms with van der Waals surface area (Å²) in [6.45, 7) is 0. The summed E-state index contributed by atoms with van der Waals surface area (Å²) in [5.74, 6) is 0. The van der Waals surface area contributed by atoms with Crippen LogP contribution in [0.25, 0.3) is 16.6 Å². The molecule has 0 aliphatic carbocycles. The van der Waals surface area contributed by atoms with Crippen LogP contribution < -0.4 is 0 Å². The first-order valence-electron chi connectivity index (χ1n) is 4.81. The molecular weight excluding hydrogens is 268 g/mol. The maximum Gasteiger partial charge on any atom is 0.168 e. The molecule has 0 aliphatic rings. The average Bonchev–Trinajstić information content (AvgIpc) is 2.72. The number of hydrogen-bond acceptors (Lipinski definition) is 2. The number of rotatable bonds is 1. The molecular formula is C12H7BrN2O. The number of para-hydroxylation sites is 1. The van der Waals surface area contributed by atoms with Gasteiger partial charge in [0.05, 0.1) is 11.7 Å². The molecule has 0 atom stereocenters. The summed E-state index contributed by atoms with van der Waals surface area (Å²) in [6, 6.07) is 9.83. The van der Waals surface area contributed by atoms with Crippen LogP contribution in [0.2, 0.25) is 0 Å². The molecule has 4 heteroatoms. The van der Waals surface area contributed by atoms with E-state index in [9.17, 15) is 4.79 Å². The summed E-state index contributed by atoms with van der Waals surface area (Å²) in [5, 5.41) is 1.07. The minimum Gasteiger partial charge on any atom is -0.296 e. The summed E-state index contributed by atoms with van der Waals surface area (Å²) in [6.07, 6.45) is 2.40. The van der Waals surface area contributed by atoms with Gasteiger partial charge in [-0.15, -0.1) is 0 Å². The van der Waals surface area contributed by atoms with E-state index in [1.165, 1.54) is 0 Å². The number of carbonyl (C=O) groups excluding carboxylic acids is 1. The molecule has 0 aliphatic heterocycles. The van der Waals surface area contributed by atoms with Gasteiger partial charge in [0.25, 0.3) is 0 Å². The molecule has 0 unspecified atom stereocenters. The van der Waals surface area contributed by atoms with E-state index in [1.807, 2.05) is 34.7 Å². The van der Waals surface area contributed by atoms with Gasteiger partial charge in [-0.25, -0.2) is 4.98 Å². The molecule has 3 rings (SSSR count). The number of aromatic nitrogens is 2. The molecule has 0 saturated carbocycles. The molecule has 3 nitrogen and oxygen atoms in total. The molecule has 0 saturated heterocycles. The highest BCUT2D eigenvalue weighted by atomic mass is 79.9. The lowest BCUT2D eigenvalue weighted by Gasteiger charge is -2.05. The summed E-state index contributed by atoms with van der Waals surface area (Å²) < 4.78 is 2.81. The van der Waals surface area contributed by atoms with E-state index in [0.717, 1.165) is 27.3 Å². The first-order chi connectivity index (χ1) is 7.81. The van der Waals surface area contributed by atoms with Crippen molar-refractivity contribution >= 4 is 38.8 Å². The SMILES string of the molecule is O=Cc1cnc2ccc3cccc(Br)c3n12. The Hall–Kier alpha value is -1.68. The van der Waals surface area contributed by atoms with Crippen LogP contribution in [0, 0.1) is 0 Å². The maximum absolute atomic E-state index is 11.0. The predicted molar refractivity (Wildman–Crippen MR) is 65.8 cm³/mol. The van der Waals surface area contributed by atoms with Crippen LogP contribution in [-0.4, -0.2) is 15.7 Å². The van der Waals surface area contributed by atoms with Gasteiger partial charge in [0, 0.05) is 4.47 Å². The standard InChI is InChI=1S/C12H7BrN2O/c13-10-3-1-2-8-4-5-11-14-6-9(7-16)15(11)12(8)10/h1-7H. The quantitative estimate of drug-likeness (QED) is 0.640. The molecule has 1 aromatic carbocycles. The Morgan fingerprint density at radius 1 is 1.25 bits per heavy atom. The van der Waals surface area contributed by atoms with Crippen LogP contribution >= 0.6 is 15.9 Å². The minimum atomic E-state index is 0.563. The zero-order valence-corrected chi connectivity index (χ0v) is 9.81. The first-order valence-corrected chi connectivity index (χ1v) is 5.60. The third-order valence-corrected chi connectivity index (χ3v) is 3.23. The van der Waals surface area contributed by atoms with Crippen LogP contribution in [0.15, 0.2) is 41.0 Å². The average molecular weight is 275 g/mol. The zero-order valence-electron chi connectivity index (χ0n) is 8.22. The van der Waals surface area contributed by atoms with Gasteiger partial charge in [-0.2, -0.15) is 0 Å². The molecule has 0 fully saturated rings. The lowest BCUT2D eigenvalue weighted by Crippen LogP contribution is -1.93. The van der Waals surface area contributed by atoms with E-state index in [-0.39, 0.29) is 0 Å². The highest BCUT2D eigenvalue weighted by molar-refractivity contribution is 9.10. The second-order valence-electron chi connectivity index (χ2n) is 3.51. The fraction of sp³-hybridized carbons (Fsp3) is 0. The number of pyridine rings is 1. The molecule has 78 valence electrons. The van der Waals surface area contributed by atoms with Gasteiger partial charge >= 0.3 is 0 Å². The van der Waals surface area contributed by atoms with Crippen molar-refractivity contribution in [3.63, 3.8) is 0 Å². The first kappa shape index (κ1) is 9.54. The van der Waals surface area contributed by atoms with Crippen molar-refractivity contribution < 1.29 is 4.79 Å². The van der Waals surface area contributed by atoms with Gasteiger partial charge in [0.1, 0.15) is 11.3 Å².